The summed E-state index contributed by atoms with van der Waals surface area (Å²) in [5.41, 5.74) is 8.95. The lowest BCUT2D eigenvalue weighted by atomic mass is 10.0. The third-order valence-electron chi connectivity index (χ3n) is 4.08. The number of rotatable bonds is 3. The van der Waals surface area contributed by atoms with Crippen LogP contribution in [0, 0.1) is 0 Å². The van der Waals surface area contributed by atoms with Crippen LogP contribution >= 0.6 is 34.5 Å². The van der Waals surface area contributed by atoms with Gasteiger partial charge in [0, 0.05) is 25.8 Å². The molecule has 1 aromatic heterocycles. The van der Waals surface area contributed by atoms with E-state index in [0.717, 1.165) is 17.0 Å². The number of thiophene rings is 1. The van der Waals surface area contributed by atoms with E-state index in [1.807, 2.05) is 29.5 Å². The van der Waals surface area contributed by atoms with E-state index in [1.54, 1.807) is 0 Å². The van der Waals surface area contributed by atoms with Crippen LogP contribution in [0.15, 0.2) is 24.3 Å². The molecule has 0 fully saturated rings. The molecule has 21 heavy (non-hydrogen) atoms. The maximum atomic E-state index is 6.41. The molecule has 1 unspecified atom stereocenters. The minimum absolute atomic E-state index is 0.00195. The van der Waals surface area contributed by atoms with Gasteiger partial charge in [0.05, 0.1) is 0 Å². The van der Waals surface area contributed by atoms with E-state index in [2.05, 4.69) is 6.07 Å². The van der Waals surface area contributed by atoms with Gasteiger partial charge >= 0.3 is 0 Å². The Morgan fingerprint density at radius 1 is 1.10 bits per heavy atom. The summed E-state index contributed by atoms with van der Waals surface area (Å²) in [6, 6.07) is 7.89. The molecular formula is C17H19Cl2NS. The minimum Gasteiger partial charge on any atom is -0.323 e. The van der Waals surface area contributed by atoms with Crippen molar-refractivity contribution in [3.63, 3.8) is 0 Å². The number of fused-ring (bicyclic) bond motifs is 1. The first-order valence-electron chi connectivity index (χ1n) is 7.44. The van der Waals surface area contributed by atoms with Gasteiger partial charge in [-0.3, -0.25) is 0 Å². The highest BCUT2D eigenvalue weighted by Crippen LogP contribution is 2.33. The molecule has 1 nitrogen and oxygen atoms in total. The number of benzene rings is 1. The molecule has 1 aromatic carbocycles. The Kier molecular flexibility index (Phi) is 4.90. The SMILES string of the molecule is NC(Cc1cc(Cl)ccc1Cl)c1cc2c(s1)CCCCC2. The minimum atomic E-state index is -0.00195. The van der Waals surface area contributed by atoms with Crippen LogP contribution in [0.25, 0.3) is 0 Å². The molecule has 1 aliphatic rings. The van der Waals surface area contributed by atoms with Gasteiger partial charge in [0.25, 0.3) is 0 Å². The highest BCUT2D eigenvalue weighted by atomic mass is 35.5. The standard InChI is InChI=1S/C17H19Cl2NS/c18-13-6-7-14(19)12(8-13)9-15(20)17-10-11-4-2-1-3-5-16(11)21-17/h6-8,10,15H,1-5,9,20H2. The molecule has 0 bridgehead atoms. The first kappa shape index (κ1) is 15.4. The first-order valence-corrected chi connectivity index (χ1v) is 9.01. The van der Waals surface area contributed by atoms with Crippen LogP contribution in [0.2, 0.25) is 10.0 Å². The maximum Gasteiger partial charge on any atom is 0.0439 e. The summed E-state index contributed by atoms with van der Waals surface area (Å²) in [6.07, 6.45) is 7.11. The Bertz CT molecular complexity index is 612. The summed E-state index contributed by atoms with van der Waals surface area (Å²) >= 11 is 14.2. The predicted molar refractivity (Wildman–Crippen MR) is 92.7 cm³/mol. The van der Waals surface area contributed by atoms with Crippen LogP contribution < -0.4 is 5.73 Å². The van der Waals surface area contributed by atoms with Crippen molar-refractivity contribution >= 4 is 34.5 Å². The van der Waals surface area contributed by atoms with Gasteiger partial charge in [-0.2, -0.15) is 0 Å². The zero-order chi connectivity index (χ0) is 14.8. The van der Waals surface area contributed by atoms with Crippen LogP contribution in [-0.4, -0.2) is 0 Å². The predicted octanol–water partition coefficient (Wildman–Crippen LogP) is 5.57. The fourth-order valence-electron chi connectivity index (χ4n) is 2.91. The Hall–Kier alpha value is -0.540. The van der Waals surface area contributed by atoms with Gasteiger partial charge in [-0.1, -0.05) is 29.6 Å². The second kappa shape index (κ2) is 6.70. The van der Waals surface area contributed by atoms with Crippen LogP contribution in [-0.2, 0) is 19.3 Å². The highest BCUT2D eigenvalue weighted by molar-refractivity contribution is 7.12. The lowest BCUT2D eigenvalue weighted by Gasteiger charge is -2.11. The van der Waals surface area contributed by atoms with E-state index in [1.165, 1.54) is 47.4 Å². The summed E-state index contributed by atoms with van der Waals surface area (Å²) in [4.78, 5) is 2.81. The lowest BCUT2D eigenvalue weighted by Crippen LogP contribution is -2.12. The van der Waals surface area contributed by atoms with E-state index >= 15 is 0 Å². The van der Waals surface area contributed by atoms with Gasteiger partial charge < -0.3 is 5.73 Å². The average Bonchev–Trinajstić information content (AvgIpc) is 2.74. The molecule has 0 radical (unpaired) electrons. The van der Waals surface area contributed by atoms with Crippen LogP contribution in [0.1, 0.15) is 46.2 Å². The van der Waals surface area contributed by atoms with E-state index in [4.69, 9.17) is 28.9 Å². The van der Waals surface area contributed by atoms with Crippen molar-refractivity contribution in [1.29, 1.82) is 0 Å². The zero-order valence-corrected chi connectivity index (χ0v) is 14.2. The number of halogens is 2. The Labute approximate surface area is 140 Å². The highest BCUT2D eigenvalue weighted by Gasteiger charge is 2.17. The van der Waals surface area contributed by atoms with Gasteiger partial charge in [-0.05, 0) is 67.5 Å². The molecule has 0 aliphatic heterocycles. The third kappa shape index (κ3) is 3.62. The summed E-state index contributed by atoms with van der Waals surface area (Å²) in [6.45, 7) is 0. The molecule has 1 aliphatic carbocycles. The molecule has 2 N–H and O–H groups in total. The van der Waals surface area contributed by atoms with Crippen molar-refractivity contribution in [3.8, 4) is 0 Å². The summed E-state index contributed by atoms with van der Waals surface area (Å²) < 4.78 is 0. The molecule has 0 saturated heterocycles. The van der Waals surface area contributed by atoms with Crippen LogP contribution in [0.5, 0.6) is 0 Å². The lowest BCUT2D eigenvalue weighted by molar-refractivity contribution is 0.709. The number of nitrogens with two attached hydrogens (primary N) is 1. The maximum absolute atomic E-state index is 6.41. The fourth-order valence-corrected chi connectivity index (χ4v) is 4.56. The molecule has 2 aromatic rings. The summed E-state index contributed by atoms with van der Waals surface area (Å²) in [5, 5.41) is 1.46. The van der Waals surface area contributed by atoms with E-state index in [-0.39, 0.29) is 6.04 Å². The van der Waals surface area contributed by atoms with E-state index < -0.39 is 0 Å². The van der Waals surface area contributed by atoms with Crippen LogP contribution in [0.4, 0.5) is 0 Å². The van der Waals surface area contributed by atoms with Crippen molar-refractivity contribution in [3.05, 3.63) is 55.2 Å². The molecule has 3 rings (SSSR count). The molecular weight excluding hydrogens is 321 g/mol. The Morgan fingerprint density at radius 2 is 1.90 bits per heavy atom. The van der Waals surface area contributed by atoms with E-state index in [9.17, 15) is 0 Å². The molecule has 0 amide bonds. The van der Waals surface area contributed by atoms with Gasteiger partial charge in [0.2, 0.25) is 0 Å². The number of hydrogen-bond donors (Lipinski definition) is 1. The molecule has 112 valence electrons. The first-order chi connectivity index (χ1) is 10.1. The molecule has 1 heterocycles. The Balaban J connectivity index is 1.79. The van der Waals surface area contributed by atoms with Crippen LogP contribution in [0.3, 0.4) is 0 Å². The van der Waals surface area contributed by atoms with Crippen molar-refractivity contribution in [2.45, 2.75) is 44.6 Å². The summed E-state index contributed by atoms with van der Waals surface area (Å²) in [5.74, 6) is 0. The molecule has 0 spiro atoms. The average molecular weight is 340 g/mol. The monoisotopic (exact) mass is 339 g/mol. The second-order valence-electron chi connectivity index (χ2n) is 5.70. The summed E-state index contributed by atoms with van der Waals surface area (Å²) in [7, 11) is 0. The molecule has 4 heteroatoms. The number of hydrogen-bond acceptors (Lipinski definition) is 2. The van der Waals surface area contributed by atoms with Crippen molar-refractivity contribution in [2.75, 3.05) is 0 Å². The quantitative estimate of drug-likeness (QED) is 0.727. The second-order valence-corrected chi connectivity index (χ2v) is 7.72. The van der Waals surface area contributed by atoms with Crippen molar-refractivity contribution < 1.29 is 0 Å². The van der Waals surface area contributed by atoms with Gasteiger partial charge in [-0.25, -0.2) is 0 Å². The third-order valence-corrected chi connectivity index (χ3v) is 6.05. The topological polar surface area (TPSA) is 26.0 Å². The van der Waals surface area contributed by atoms with Gasteiger partial charge in [-0.15, -0.1) is 11.3 Å². The zero-order valence-electron chi connectivity index (χ0n) is 11.9. The fraction of sp³-hybridized carbons (Fsp3) is 0.412. The smallest absolute Gasteiger partial charge is 0.0439 e. The Morgan fingerprint density at radius 3 is 2.76 bits per heavy atom. The molecule has 0 saturated carbocycles. The largest absolute Gasteiger partial charge is 0.323 e. The normalized spacial score (nSPS) is 16.3. The molecule has 1 atom stereocenters. The van der Waals surface area contributed by atoms with Gasteiger partial charge in [0.1, 0.15) is 0 Å². The number of aryl methyl sites for hydroxylation is 2. The van der Waals surface area contributed by atoms with Crippen molar-refractivity contribution in [1.82, 2.24) is 0 Å². The van der Waals surface area contributed by atoms with Gasteiger partial charge in [0.15, 0.2) is 0 Å². The van der Waals surface area contributed by atoms with Crippen molar-refractivity contribution in [2.24, 2.45) is 5.73 Å². The van der Waals surface area contributed by atoms with E-state index in [0.29, 0.717) is 5.02 Å².